The van der Waals surface area contributed by atoms with E-state index in [1.165, 1.54) is 0 Å². The van der Waals surface area contributed by atoms with Crippen molar-refractivity contribution in [3.05, 3.63) is 0 Å². The van der Waals surface area contributed by atoms with Crippen LogP contribution >= 0.6 is 12.4 Å². The highest BCUT2D eigenvalue weighted by molar-refractivity contribution is 5.87. The third-order valence-corrected chi connectivity index (χ3v) is 2.58. The summed E-state index contributed by atoms with van der Waals surface area (Å²) >= 11 is 0. The summed E-state index contributed by atoms with van der Waals surface area (Å²) in [7, 11) is 1.95. The molecule has 5 nitrogen and oxygen atoms in total. The first-order chi connectivity index (χ1) is 6.50. The number of carbonyl (C=O) groups excluding carboxylic acids is 1. The van der Waals surface area contributed by atoms with Crippen LogP contribution in [0.15, 0.2) is 0 Å². The number of carboxylic acids is 1. The van der Waals surface area contributed by atoms with Gasteiger partial charge in [0.05, 0.1) is 0 Å². The number of carboxylic acid groups (broad SMARTS) is 1. The molecule has 88 valence electrons. The highest BCUT2D eigenvalue weighted by atomic mass is 35.5. The molecule has 0 aliphatic carbocycles. The smallest absolute Gasteiger partial charge is 0.320 e. The quantitative estimate of drug-likeness (QED) is 0.702. The predicted molar refractivity (Wildman–Crippen MR) is 58.1 cm³/mol. The molecule has 0 aromatic heterocycles. The monoisotopic (exact) mass is 236 g/mol. The fourth-order valence-corrected chi connectivity index (χ4v) is 1.67. The van der Waals surface area contributed by atoms with Crippen molar-refractivity contribution < 1.29 is 14.7 Å². The van der Waals surface area contributed by atoms with Gasteiger partial charge < -0.3 is 15.7 Å². The Balaban J connectivity index is 0.00000196. The molecule has 6 heteroatoms. The topological polar surface area (TPSA) is 83.6 Å². The summed E-state index contributed by atoms with van der Waals surface area (Å²) in [5.41, 5.74) is 5.29. The largest absolute Gasteiger partial charge is 0.480 e. The minimum absolute atomic E-state index is 0. The molecule has 1 aliphatic rings. The van der Waals surface area contributed by atoms with Crippen LogP contribution in [0.4, 0.5) is 0 Å². The number of Topliss-reactive ketones (excluding diaryl/α,β-unsaturated/α-hetero) is 1. The molecule has 0 spiro atoms. The van der Waals surface area contributed by atoms with Gasteiger partial charge in [-0.2, -0.15) is 0 Å². The SMILES string of the molecule is CN1CCC(C(=O)CC(N)C(=O)O)C1.Cl. The van der Waals surface area contributed by atoms with Crippen LogP contribution in [-0.2, 0) is 9.59 Å². The molecule has 0 aromatic rings. The predicted octanol–water partition coefficient (Wildman–Crippen LogP) is -0.269. The minimum Gasteiger partial charge on any atom is -0.480 e. The van der Waals surface area contributed by atoms with Gasteiger partial charge in [0.15, 0.2) is 0 Å². The molecule has 1 fully saturated rings. The maximum absolute atomic E-state index is 11.5. The second-order valence-corrected chi connectivity index (χ2v) is 3.86. The molecule has 0 aromatic carbocycles. The molecule has 1 heterocycles. The molecule has 1 saturated heterocycles. The molecule has 0 radical (unpaired) electrons. The van der Waals surface area contributed by atoms with Crippen molar-refractivity contribution in [3.63, 3.8) is 0 Å². The Morgan fingerprint density at radius 3 is 2.60 bits per heavy atom. The molecule has 15 heavy (non-hydrogen) atoms. The van der Waals surface area contributed by atoms with Crippen molar-refractivity contribution >= 4 is 24.2 Å². The fourth-order valence-electron chi connectivity index (χ4n) is 1.67. The highest BCUT2D eigenvalue weighted by Crippen LogP contribution is 2.17. The number of rotatable bonds is 4. The summed E-state index contributed by atoms with van der Waals surface area (Å²) in [6.45, 7) is 1.63. The second-order valence-electron chi connectivity index (χ2n) is 3.86. The number of ketones is 1. The lowest BCUT2D eigenvalue weighted by Gasteiger charge is -2.11. The zero-order valence-corrected chi connectivity index (χ0v) is 9.50. The molecule has 3 N–H and O–H groups in total. The van der Waals surface area contributed by atoms with E-state index in [4.69, 9.17) is 10.8 Å². The van der Waals surface area contributed by atoms with Crippen molar-refractivity contribution in [1.82, 2.24) is 4.90 Å². The summed E-state index contributed by atoms with van der Waals surface area (Å²) in [4.78, 5) is 24.0. The fraction of sp³-hybridized carbons (Fsp3) is 0.778. The number of likely N-dealkylation sites (tertiary alicyclic amines) is 1. The normalized spacial score (nSPS) is 23.2. The van der Waals surface area contributed by atoms with Crippen molar-refractivity contribution in [3.8, 4) is 0 Å². The summed E-state index contributed by atoms with van der Waals surface area (Å²) in [6, 6.07) is -1.05. The van der Waals surface area contributed by atoms with E-state index in [1.54, 1.807) is 0 Å². The van der Waals surface area contributed by atoms with Crippen LogP contribution in [0.25, 0.3) is 0 Å². The van der Waals surface area contributed by atoms with Crippen LogP contribution in [0.2, 0.25) is 0 Å². The van der Waals surface area contributed by atoms with E-state index in [1.807, 2.05) is 7.05 Å². The van der Waals surface area contributed by atoms with Gasteiger partial charge in [0.2, 0.25) is 0 Å². The number of nitrogens with zero attached hydrogens (tertiary/aromatic N) is 1. The van der Waals surface area contributed by atoms with Crippen LogP contribution in [0.1, 0.15) is 12.8 Å². The van der Waals surface area contributed by atoms with Crippen molar-refractivity contribution in [1.29, 1.82) is 0 Å². The van der Waals surface area contributed by atoms with E-state index in [0.29, 0.717) is 0 Å². The maximum atomic E-state index is 11.5. The van der Waals surface area contributed by atoms with Gasteiger partial charge in [0.25, 0.3) is 0 Å². The van der Waals surface area contributed by atoms with Gasteiger partial charge in [0.1, 0.15) is 11.8 Å². The number of hydrogen-bond donors (Lipinski definition) is 2. The number of aliphatic carboxylic acids is 1. The van der Waals surface area contributed by atoms with Crippen LogP contribution in [0, 0.1) is 5.92 Å². The summed E-state index contributed by atoms with van der Waals surface area (Å²) in [6.07, 6.45) is 0.773. The Kier molecular flexibility index (Phi) is 5.79. The number of halogens is 1. The first kappa shape index (κ1) is 14.3. The number of carbonyl (C=O) groups is 2. The Bertz CT molecular complexity index is 248. The molecule has 1 aliphatic heterocycles. The first-order valence-corrected chi connectivity index (χ1v) is 4.70. The van der Waals surface area contributed by atoms with E-state index < -0.39 is 12.0 Å². The van der Waals surface area contributed by atoms with E-state index >= 15 is 0 Å². The Morgan fingerprint density at radius 2 is 2.20 bits per heavy atom. The molecule has 2 unspecified atom stereocenters. The van der Waals surface area contributed by atoms with Gasteiger partial charge in [-0.25, -0.2) is 0 Å². The van der Waals surface area contributed by atoms with Gasteiger partial charge in [0, 0.05) is 18.9 Å². The van der Waals surface area contributed by atoms with Crippen LogP contribution < -0.4 is 5.73 Å². The standard InChI is InChI=1S/C9H16N2O3.ClH/c1-11-3-2-6(5-11)8(12)4-7(10)9(13)14;/h6-7H,2-5,10H2,1H3,(H,13,14);1H. The molecule has 2 atom stereocenters. The molecule has 0 bridgehead atoms. The summed E-state index contributed by atoms with van der Waals surface area (Å²) in [5.74, 6) is -1.15. The van der Waals surface area contributed by atoms with Crippen molar-refractivity contribution in [2.75, 3.05) is 20.1 Å². The van der Waals surface area contributed by atoms with Crippen molar-refractivity contribution in [2.45, 2.75) is 18.9 Å². The first-order valence-electron chi connectivity index (χ1n) is 4.70. The van der Waals surface area contributed by atoms with Gasteiger partial charge in [-0.05, 0) is 20.0 Å². The average Bonchev–Trinajstić information content (AvgIpc) is 2.51. The highest BCUT2D eigenvalue weighted by Gasteiger charge is 2.28. The maximum Gasteiger partial charge on any atom is 0.320 e. The van der Waals surface area contributed by atoms with E-state index in [0.717, 1.165) is 19.5 Å². The molecule has 0 saturated carbocycles. The number of nitrogens with two attached hydrogens (primary N) is 1. The van der Waals surface area contributed by atoms with Gasteiger partial charge in [-0.15, -0.1) is 12.4 Å². The lowest BCUT2D eigenvalue weighted by atomic mass is 9.98. The average molecular weight is 237 g/mol. The van der Waals surface area contributed by atoms with Gasteiger partial charge >= 0.3 is 5.97 Å². The molecule has 1 rings (SSSR count). The molecular weight excluding hydrogens is 220 g/mol. The third kappa shape index (κ3) is 4.15. The zero-order chi connectivity index (χ0) is 10.7. The van der Waals surface area contributed by atoms with Crippen LogP contribution in [0.3, 0.4) is 0 Å². The lowest BCUT2D eigenvalue weighted by molar-refractivity contribution is -0.140. The third-order valence-electron chi connectivity index (χ3n) is 2.58. The minimum atomic E-state index is -1.11. The Labute approximate surface area is 95.0 Å². The van der Waals surface area contributed by atoms with E-state index in [-0.39, 0.29) is 30.5 Å². The van der Waals surface area contributed by atoms with Crippen LogP contribution in [0.5, 0.6) is 0 Å². The second kappa shape index (κ2) is 6.05. The summed E-state index contributed by atoms with van der Waals surface area (Å²) in [5, 5.41) is 8.54. The summed E-state index contributed by atoms with van der Waals surface area (Å²) < 4.78 is 0. The zero-order valence-electron chi connectivity index (χ0n) is 8.68. The number of hydrogen-bond acceptors (Lipinski definition) is 4. The Morgan fingerprint density at radius 1 is 1.60 bits per heavy atom. The Hall–Kier alpha value is -0.650. The van der Waals surface area contributed by atoms with E-state index in [9.17, 15) is 9.59 Å². The van der Waals surface area contributed by atoms with Gasteiger partial charge in [-0.3, -0.25) is 9.59 Å². The molecular formula is C9H17ClN2O3. The van der Waals surface area contributed by atoms with Crippen LogP contribution in [-0.4, -0.2) is 47.9 Å². The van der Waals surface area contributed by atoms with E-state index in [2.05, 4.69) is 4.90 Å². The van der Waals surface area contributed by atoms with Gasteiger partial charge in [-0.1, -0.05) is 0 Å². The lowest BCUT2D eigenvalue weighted by Crippen LogP contribution is -2.34. The van der Waals surface area contributed by atoms with Crippen molar-refractivity contribution in [2.24, 2.45) is 11.7 Å². The molecule has 0 amide bonds.